The molecule has 0 radical (unpaired) electrons. The quantitative estimate of drug-likeness (QED) is 0.574. The van der Waals surface area contributed by atoms with E-state index in [9.17, 15) is 15.0 Å². The van der Waals surface area contributed by atoms with Gasteiger partial charge >= 0.3 is 0 Å². The summed E-state index contributed by atoms with van der Waals surface area (Å²) in [5.74, 6) is -0.0657. The third kappa shape index (κ3) is 2.88. The molecule has 1 fully saturated rings. The molecule has 1 saturated heterocycles. The van der Waals surface area contributed by atoms with Crippen LogP contribution in [-0.4, -0.2) is 35.8 Å². The van der Waals surface area contributed by atoms with Crippen molar-refractivity contribution in [3.63, 3.8) is 0 Å². The van der Waals surface area contributed by atoms with Gasteiger partial charge in [0, 0.05) is 6.54 Å². The molecule has 0 saturated carbocycles. The zero-order valence-corrected chi connectivity index (χ0v) is 9.44. The summed E-state index contributed by atoms with van der Waals surface area (Å²) in [5, 5.41) is 24.8. The minimum absolute atomic E-state index is 0.0320. The number of amides is 1. The van der Waals surface area contributed by atoms with Crippen LogP contribution < -0.4 is 10.6 Å². The van der Waals surface area contributed by atoms with Gasteiger partial charge in [0.1, 0.15) is 11.5 Å². The molecule has 1 atom stereocenters. The van der Waals surface area contributed by atoms with Gasteiger partial charge in [0.05, 0.1) is 5.56 Å². The first-order chi connectivity index (χ1) is 8.16. The molecule has 1 unspecified atom stereocenters. The maximum Gasteiger partial charge on any atom is 0.255 e. The van der Waals surface area contributed by atoms with Crippen molar-refractivity contribution in [1.29, 1.82) is 0 Å². The second-order valence-corrected chi connectivity index (χ2v) is 4.27. The highest BCUT2D eigenvalue weighted by Gasteiger charge is 2.17. The molecule has 2 rings (SSSR count). The molecule has 4 N–H and O–H groups in total. The van der Waals surface area contributed by atoms with Gasteiger partial charge in [0.15, 0.2) is 0 Å². The highest BCUT2D eigenvalue weighted by molar-refractivity contribution is 5.97. The molecule has 5 nitrogen and oxygen atoms in total. The number of carbonyl (C=O) groups excluding carboxylic acids is 1. The molecular weight excluding hydrogens is 220 g/mol. The molecular formula is C12H16N2O3. The third-order valence-electron chi connectivity index (χ3n) is 2.94. The van der Waals surface area contributed by atoms with E-state index in [1.54, 1.807) is 0 Å². The molecule has 0 aliphatic carbocycles. The van der Waals surface area contributed by atoms with Crippen LogP contribution in [0, 0.1) is 5.92 Å². The molecule has 1 aromatic carbocycles. The maximum absolute atomic E-state index is 11.8. The first-order valence-corrected chi connectivity index (χ1v) is 5.67. The first-order valence-electron chi connectivity index (χ1n) is 5.67. The summed E-state index contributed by atoms with van der Waals surface area (Å²) in [6, 6.07) is 3.91. The van der Waals surface area contributed by atoms with Crippen LogP contribution in [0.4, 0.5) is 0 Å². The van der Waals surface area contributed by atoms with Crippen LogP contribution in [0.5, 0.6) is 11.5 Å². The number of hydrogen-bond acceptors (Lipinski definition) is 4. The Bertz CT molecular complexity index is 414. The van der Waals surface area contributed by atoms with Gasteiger partial charge in [-0.05, 0) is 43.6 Å². The van der Waals surface area contributed by atoms with Gasteiger partial charge < -0.3 is 20.8 Å². The van der Waals surface area contributed by atoms with Crippen LogP contribution in [0.2, 0.25) is 0 Å². The van der Waals surface area contributed by atoms with Gasteiger partial charge in [0.25, 0.3) is 5.91 Å². The summed E-state index contributed by atoms with van der Waals surface area (Å²) < 4.78 is 0. The van der Waals surface area contributed by atoms with Crippen molar-refractivity contribution in [3.05, 3.63) is 23.8 Å². The average molecular weight is 236 g/mol. The van der Waals surface area contributed by atoms with Crippen LogP contribution in [-0.2, 0) is 0 Å². The molecule has 1 heterocycles. The van der Waals surface area contributed by atoms with E-state index in [2.05, 4.69) is 10.6 Å². The second-order valence-electron chi connectivity index (χ2n) is 4.27. The van der Waals surface area contributed by atoms with E-state index >= 15 is 0 Å². The van der Waals surface area contributed by atoms with E-state index < -0.39 is 0 Å². The fraction of sp³-hybridized carbons (Fsp3) is 0.417. The minimum Gasteiger partial charge on any atom is -0.508 e. The van der Waals surface area contributed by atoms with Gasteiger partial charge in [-0.15, -0.1) is 0 Å². The van der Waals surface area contributed by atoms with Gasteiger partial charge in [-0.25, -0.2) is 0 Å². The first kappa shape index (κ1) is 11.7. The van der Waals surface area contributed by atoms with Gasteiger partial charge in [-0.1, -0.05) is 0 Å². The number of aromatic hydroxyl groups is 2. The van der Waals surface area contributed by atoms with E-state index in [1.807, 2.05) is 0 Å². The van der Waals surface area contributed by atoms with E-state index in [0.29, 0.717) is 12.5 Å². The van der Waals surface area contributed by atoms with Crippen LogP contribution in [0.15, 0.2) is 18.2 Å². The summed E-state index contributed by atoms with van der Waals surface area (Å²) in [5.41, 5.74) is 0.107. The number of phenolic OH excluding ortho intramolecular Hbond substituents is 2. The van der Waals surface area contributed by atoms with E-state index in [4.69, 9.17) is 0 Å². The number of carbonyl (C=O) groups is 1. The number of phenols is 2. The lowest BCUT2D eigenvalue weighted by molar-refractivity contribution is 0.0945. The van der Waals surface area contributed by atoms with Crippen LogP contribution in [0.25, 0.3) is 0 Å². The Balaban J connectivity index is 1.96. The Morgan fingerprint density at radius 3 is 3.00 bits per heavy atom. The Morgan fingerprint density at radius 2 is 2.29 bits per heavy atom. The lowest BCUT2D eigenvalue weighted by Gasteiger charge is -2.11. The Hall–Kier alpha value is -1.75. The Morgan fingerprint density at radius 1 is 1.47 bits per heavy atom. The predicted molar refractivity (Wildman–Crippen MR) is 63.1 cm³/mol. The van der Waals surface area contributed by atoms with Crippen molar-refractivity contribution < 1.29 is 15.0 Å². The van der Waals surface area contributed by atoms with Crippen molar-refractivity contribution in [3.8, 4) is 11.5 Å². The predicted octanol–water partition coefficient (Wildman–Crippen LogP) is 0.437. The third-order valence-corrected chi connectivity index (χ3v) is 2.94. The van der Waals surface area contributed by atoms with Crippen molar-refractivity contribution >= 4 is 5.91 Å². The summed E-state index contributed by atoms with van der Waals surface area (Å²) in [6.07, 6.45) is 1.05. The van der Waals surface area contributed by atoms with Crippen molar-refractivity contribution in [2.75, 3.05) is 19.6 Å². The van der Waals surface area contributed by atoms with E-state index in [-0.39, 0.29) is 23.0 Å². The molecule has 0 spiro atoms. The van der Waals surface area contributed by atoms with Crippen molar-refractivity contribution in [2.24, 2.45) is 5.92 Å². The fourth-order valence-corrected chi connectivity index (χ4v) is 1.93. The number of rotatable bonds is 3. The summed E-state index contributed by atoms with van der Waals surface area (Å²) in [4.78, 5) is 11.8. The van der Waals surface area contributed by atoms with Gasteiger partial charge in [-0.2, -0.15) is 0 Å². The monoisotopic (exact) mass is 236 g/mol. The van der Waals surface area contributed by atoms with Gasteiger partial charge in [-0.3, -0.25) is 4.79 Å². The lowest BCUT2D eigenvalue weighted by atomic mass is 10.1. The normalized spacial score (nSPS) is 19.2. The molecule has 0 aromatic heterocycles. The summed E-state index contributed by atoms with van der Waals surface area (Å²) in [7, 11) is 0. The average Bonchev–Trinajstić information content (AvgIpc) is 2.82. The molecule has 5 heteroatoms. The standard InChI is InChI=1S/C12H16N2O3/c15-9-1-2-11(16)10(5-9)12(17)14-7-8-3-4-13-6-8/h1-2,5,8,13,15-16H,3-4,6-7H2,(H,14,17). The Kier molecular flexibility index (Phi) is 3.49. The second kappa shape index (κ2) is 5.05. The van der Waals surface area contributed by atoms with Crippen molar-refractivity contribution in [1.82, 2.24) is 10.6 Å². The maximum atomic E-state index is 11.8. The molecule has 0 bridgehead atoms. The minimum atomic E-state index is -0.356. The number of hydrogen-bond donors (Lipinski definition) is 4. The van der Waals surface area contributed by atoms with Crippen LogP contribution in [0.1, 0.15) is 16.8 Å². The highest BCUT2D eigenvalue weighted by atomic mass is 16.3. The van der Waals surface area contributed by atoms with Gasteiger partial charge in [0.2, 0.25) is 0 Å². The largest absolute Gasteiger partial charge is 0.508 e. The zero-order chi connectivity index (χ0) is 12.3. The van der Waals surface area contributed by atoms with Crippen LogP contribution in [0.3, 0.4) is 0 Å². The van der Waals surface area contributed by atoms with E-state index in [1.165, 1.54) is 18.2 Å². The summed E-state index contributed by atoms with van der Waals surface area (Å²) in [6.45, 7) is 2.48. The SMILES string of the molecule is O=C(NCC1CCNC1)c1cc(O)ccc1O. The molecule has 1 aromatic rings. The molecule has 17 heavy (non-hydrogen) atoms. The molecule has 1 amide bonds. The zero-order valence-electron chi connectivity index (χ0n) is 9.44. The summed E-state index contributed by atoms with van der Waals surface area (Å²) >= 11 is 0. The molecule has 1 aliphatic rings. The topological polar surface area (TPSA) is 81.6 Å². The van der Waals surface area contributed by atoms with Crippen molar-refractivity contribution in [2.45, 2.75) is 6.42 Å². The molecule has 1 aliphatic heterocycles. The van der Waals surface area contributed by atoms with Crippen LogP contribution >= 0.6 is 0 Å². The number of nitrogens with one attached hydrogen (secondary N) is 2. The smallest absolute Gasteiger partial charge is 0.255 e. The highest BCUT2D eigenvalue weighted by Crippen LogP contribution is 2.21. The number of benzene rings is 1. The van der Waals surface area contributed by atoms with E-state index in [0.717, 1.165) is 19.5 Å². The fourth-order valence-electron chi connectivity index (χ4n) is 1.93. The lowest BCUT2D eigenvalue weighted by Crippen LogP contribution is -2.30. The Labute approximate surface area is 99.5 Å². The molecule has 92 valence electrons.